The smallest absolute Gasteiger partial charge is 0.183 e. The van der Waals surface area contributed by atoms with Crippen molar-refractivity contribution in [2.45, 2.75) is 49.8 Å². The van der Waals surface area contributed by atoms with E-state index in [1.807, 2.05) is 13.8 Å². The molecule has 0 aromatic heterocycles. The summed E-state index contributed by atoms with van der Waals surface area (Å²) in [4.78, 5) is 0.0943. The number of sulfone groups is 1. The molecule has 0 spiro atoms. The number of halogens is 1. The molecule has 1 aromatic carbocycles. The van der Waals surface area contributed by atoms with Gasteiger partial charge >= 0.3 is 0 Å². The highest BCUT2D eigenvalue weighted by Crippen LogP contribution is 2.36. The van der Waals surface area contributed by atoms with Gasteiger partial charge in [0, 0.05) is 6.04 Å². The van der Waals surface area contributed by atoms with Crippen LogP contribution in [-0.2, 0) is 9.84 Å². The Morgan fingerprint density at radius 3 is 2.62 bits per heavy atom. The van der Waals surface area contributed by atoms with E-state index in [4.69, 9.17) is 0 Å². The Morgan fingerprint density at radius 1 is 1.29 bits per heavy atom. The van der Waals surface area contributed by atoms with Crippen LogP contribution >= 0.6 is 0 Å². The van der Waals surface area contributed by atoms with Crippen LogP contribution in [0.1, 0.15) is 33.6 Å². The predicted molar refractivity (Wildman–Crippen MR) is 82.4 cm³/mol. The van der Waals surface area contributed by atoms with Crippen LogP contribution in [0.2, 0.25) is 0 Å². The van der Waals surface area contributed by atoms with Gasteiger partial charge in [0.05, 0.1) is 10.1 Å². The largest absolute Gasteiger partial charge is 0.313 e. The molecule has 4 atom stereocenters. The Balaban J connectivity index is 2.40. The lowest BCUT2D eigenvalue weighted by Crippen LogP contribution is -2.51. The van der Waals surface area contributed by atoms with Gasteiger partial charge in [-0.2, -0.15) is 0 Å². The Bertz CT molecular complexity index is 588. The number of benzene rings is 1. The number of rotatable bonds is 4. The van der Waals surface area contributed by atoms with Crippen molar-refractivity contribution in [1.29, 1.82) is 0 Å². The van der Waals surface area contributed by atoms with Gasteiger partial charge in [0.2, 0.25) is 0 Å². The standard InChI is InChI=1S/C16H24FNO2S/c1-4-18-15-9-11(2)8-12(3)16(15)21(19,20)14-7-5-6-13(17)10-14/h5-7,10-12,15-16,18H,4,8-9H2,1-3H3. The molecule has 0 bridgehead atoms. The van der Waals surface area contributed by atoms with Gasteiger partial charge in [-0.15, -0.1) is 0 Å². The molecule has 0 heterocycles. The Labute approximate surface area is 126 Å². The van der Waals surface area contributed by atoms with Crippen LogP contribution in [0.3, 0.4) is 0 Å². The van der Waals surface area contributed by atoms with Crippen molar-refractivity contribution in [1.82, 2.24) is 5.32 Å². The first-order valence-electron chi connectivity index (χ1n) is 7.59. The minimum absolute atomic E-state index is 0.0612. The topological polar surface area (TPSA) is 46.2 Å². The lowest BCUT2D eigenvalue weighted by atomic mass is 9.80. The summed E-state index contributed by atoms with van der Waals surface area (Å²) in [6, 6.07) is 5.28. The average molecular weight is 313 g/mol. The number of hydrogen-bond donors (Lipinski definition) is 1. The van der Waals surface area contributed by atoms with E-state index in [0.717, 1.165) is 25.5 Å². The number of hydrogen-bond acceptors (Lipinski definition) is 3. The van der Waals surface area contributed by atoms with E-state index < -0.39 is 20.9 Å². The third-order valence-corrected chi connectivity index (χ3v) is 6.76. The Hall–Kier alpha value is -0.940. The van der Waals surface area contributed by atoms with Gasteiger partial charge in [0.15, 0.2) is 9.84 Å². The van der Waals surface area contributed by atoms with Crippen LogP contribution in [0.5, 0.6) is 0 Å². The molecule has 0 amide bonds. The quantitative estimate of drug-likeness (QED) is 0.929. The monoisotopic (exact) mass is 313 g/mol. The second-order valence-corrected chi connectivity index (χ2v) is 8.29. The second kappa shape index (κ2) is 6.44. The van der Waals surface area contributed by atoms with Crippen molar-refractivity contribution >= 4 is 9.84 Å². The lowest BCUT2D eigenvalue weighted by molar-refractivity contribution is 0.244. The Morgan fingerprint density at radius 2 is 2.00 bits per heavy atom. The van der Waals surface area contributed by atoms with Crippen LogP contribution in [0, 0.1) is 17.7 Å². The fraction of sp³-hybridized carbons (Fsp3) is 0.625. The van der Waals surface area contributed by atoms with Crippen LogP contribution in [0.25, 0.3) is 0 Å². The Kier molecular flexibility index (Phi) is 5.04. The molecule has 3 nitrogen and oxygen atoms in total. The molecule has 2 rings (SSSR count). The van der Waals surface area contributed by atoms with E-state index in [0.29, 0.717) is 5.92 Å². The van der Waals surface area contributed by atoms with E-state index in [9.17, 15) is 12.8 Å². The van der Waals surface area contributed by atoms with Crippen LogP contribution < -0.4 is 5.32 Å². The first-order chi connectivity index (χ1) is 9.86. The van der Waals surface area contributed by atoms with Crippen molar-refractivity contribution in [3.63, 3.8) is 0 Å². The summed E-state index contributed by atoms with van der Waals surface area (Å²) in [6.07, 6.45) is 1.73. The molecular formula is C16H24FNO2S. The molecule has 5 heteroatoms. The van der Waals surface area contributed by atoms with Crippen molar-refractivity contribution in [2.24, 2.45) is 11.8 Å². The van der Waals surface area contributed by atoms with Gasteiger partial charge in [-0.05, 0) is 49.4 Å². The van der Waals surface area contributed by atoms with Crippen LogP contribution in [0.15, 0.2) is 29.2 Å². The first-order valence-corrected chi connectivity index (χ1v) is 9.13. The minimum atomic E-state index is -3.53. The van der Waals surface area contributed by atoms with Gasteiger partial charge < -0.3 is 5.32 Å². The summed E-state index contributed by atoms with van der Waals surface area (Å²) in [5.74, 6) is 0.0574. The molecule has 1 aliphatic rings. The fourth-order valence-electron chi connectivity index (χ4n) is 3.61. The summed E-state index contributed by atoms with van der Waals surface area (Å²) >= 11 is 0. The molecule has 0 aliphatic heterocycles. The van der Waals surface area contributed by atoms with E-state index >= 15 is 0 Å². The van der Waals surface area contributed by atoms with E-state index in [1.54, 1.807) is 0 Å². The van der Waals surface area contributed by atoms with E-state index in [2.05, 4.69) is 12.2 Å². The van der Waals surface area contributed by atoms with Crippen molar-refractivity contribution in [2.75, 3.05) is 6.54 Å². The SMILES string of the molecule is CCNC1CC(C)CC(C)C1S(=O)(=O)c1cccc(F)c1. The zero-order valence-electron chi connectivity index (χ0n) is 12.8. The summed E-state index contributed by atoms with van der Waals surface area (Å²) < 4.78 is 39.3. The third kappa shape index (κ3) is 3.46. The van der Waals surface area contributed by atoms with Gasteiger partial charge in [-0.3, -0.25) is 0 Å². The summed E-state index contributed by atoms with van der Waals surface area (Å²) in [5, 5.41) is 2.82. The minimum Gasteiger partial charge on any atom is -0.313 e. The predicted octanol–water partition coefficient (Wildman–Crippen LogP) is 3.01. The summed E-state index contributed by atoms with van der Waals surface area (Å²) in [7, 11) is -3.53. The molecule has 0 radical (unpaired) electrons. The molecule has 118 valence electrons. The van der Waals surface area contributed by atoms with Gasteiger partial charge in [0.1, 0.15) is 5.82 Å². The highest BCUT2D eigenvalue weighted by Gasteiger charge is 2.42. The van der Waals surface area contributed by atoms with Crippen molar-refractivity contribution < 1.29 is 12.8 Å². The van der Waals surface area contributed by atoms with Gasteiger partial charge in [-0.25, -0.2) is 12.8 Å². The van der Waals surface area contributed by atoms with Crippen LogP contribution in [0.4, 0.5) is 4.39 Å². The van der Waals surface area contributed by atoms with Gasteiger partial charge in [0.25, 0.3) is 0 Å². The van der Waals surface area contributed by atoms with E-state index in [-0.39, 0.29) is 16.9 Å². The highest BCUT2D eigenvalue weighted by atomic mass is 32.2. The molecule has 1 saturated carbocycles. The lowest BCUT2D eigenvalue weighted by Gasteiger charge is -2.39. The van der Waals surface area contributed by atoms with Crippen LogP contribution in [-0.4, -0.2) is 26.3 Å². The zero-order valence-corrected chi connectivity index (χ0v) is 13.7. The molecule has 4 unspecified atom stereocenters. The van der Waals surface area contributed by atoms with E-state index in [1.165, 1.54) is 18.2 Å². The van der Waals surface area contributed by atoms with Crippen molar-refractivity contribution in [3.8, 4) is 0 Å². The number of nitrogens with one attached hydrogen (secondary N) is 1. The molecule has 0 saturated heterocycles. The molecule has 1 aliphatic carbocycles. The van der Waals surface area contributed by atoms with Crippen molar-refractivity contribution in [3.05, 3.63) is 30.1 Å². The third-order valence-electron chi connectivity index (χ3n) is 4.34. The zero-order chi connectivity index (χ0) is 15.6. The summed E-state index contributed by atoms with van der Waals surface area (Å²) in [5.41, 5.74) is 0. The maximum absolute atomic E-state index is 13.4. The molecule has 1 aromatic rings. The van der Waals surface area contributed by atoms with Gasteiger partial charge in [-0.1, -0.05) is 26.8 Å². The normalized spacial score (nSPS) is 30.3. The molecule has 1 N–H and O–H groups in total. The summed E-state index contributed by atoms with van der Waals surface area (Å²) in [6.45, 7) is 6.86. The molecular weight excluding hydrogens is 289 g/mol. The molecule has 1 fully saturated rings. The molecule has 21 heavy (non-hydrogen) atoms. The maximum atomic E-state index is 13.4. The fourth-order valence-corrected chi connectivity index (χ4v) is 5.84. The highest BCUT2D eigenvalue weighted by molar-refractivity contribution is 7.92. The maximum Gasteiger partial charge on any atom is 0.183 e. The first kappa shape index (κ1) is 16.4. The average Bonchev–Trinajstić information content (AvgIpc) is 2.37. The second-order valence-electron chi connectivity index (χ2n) is 6.19.